The van der Waals surface area contributed by atoms with Crippen molar-refractivity contribution in [1.82, 2.24) is 0 Å². The first-order chi connectivity index (χ1) is 15.5. The molecule has 33 heavy (non-hydrogen) atoms. The van der Waals surface area contributed by atoms with E-state index >= 15 is 4.39 Å². The molecule has 1 heterocycles. The smallest absolute Gasteiger partial charge is 0.307 e. The summed E-state index contributed by atoms with van der Waals surface area (Å²) in [6.07, 6.45) is 3.42. The van der Waals surface area contributed by atoms with Gasteiger partial charge in [-0.2, -0.15) is 0 Å². The Hall–Kier alpha value is -2.11. The molecule has 3 atom stereocenters. The monoisotopic (exact) mass is 489 g/mol. The lowest BCUT2D eigenvalue weighted by molar-refractivity contribution is -0.142. The van der Waals surface area contributed by atoms with Gasteiger partial charge in [0.1, 0.15) is 5.82 Å². The van der Waals surface area contributed by atoms with Crippen molar-refractivity contribution >= 4 is 40.8 Å². The summed E-state index contributed by atoms with van der Waals surface area (Å²) in [5.74, 6) is -3.76. The van der Waals surface area contributed by atoms with Gasteiger partial charge in [-0.3, -0.25) is 9.59 Å². The molecule has 0 saturated heterocycles. The van der Waals surface area contributed by atoms with Crippen LogP contribution in [-0.2, 0) is 15.0 Å². The van der Waals surface area contributed by atoms with Crippen LogP contribution in [0.2, 0.25) is 10.0 Å². The summed E-state index contributed by atoms with van der Waals surface area (Å²) in [5, 5.41) is 13.7. The number of amides is 1. The molecule has 2 aromatic rings. The number of carboxylic acid groups (broad SMARTS) is 1. The Bertz CT molecular complexity index is 1170. The molecule has 1 unspecified atom stereocenters. The Kier molecular flexibility index (Phi) is 5.11. The summed E-state index contributed by atoms with van der Waals surface area (Å²) in [6, 6.07) is 9.89. The first kappa shape index (κ1) is 22.7. The molecule has 1 amide bonds. The maximum Gasteiger partial charge on any atom is 0.307 e. The third-order valence-corrected chi connectivity index (χ3v) is 9.05. The molecule has 4 nitrogen and oxygen atoms in total. The molecule has 2 aliphatic carbocycles. The van der Waals surface area contributed by atoms with Crippen molar-refractivity contribution in [2.45, 2.75) is 57.3 Å². The van der Waals surface area contributed by atoms with Gasteiger partial charge >= 0.3 is 5.97 Å². The Balaban J connectivity index is 1.83. The molecule has 2 fully saturated rings. The zero-order valence-corrected chi connectivity index (χ0v) is 20.1. The maximum atomic E-state index is 15.5. The van der Waals surface area contributed by atoms with E-state index in [-0.39, 0.29) is 21.9 Å². The van der Waals surface area contributed by atoms with Gasteiger partial charge in [0.05, 0.1) is 16.4 Å². The van der Waals surface area contributed by atoms with Crippen LogP contribution in [0.5, 0.6) is 0 Å². The number of benzene rings is 2. The van der Waals surface area contributed by atoms with E-state index < -0.39 is 34.5 Å². The fourth-order valence-electron chi connectivity index (χ4n) is 6.92. The van der Waals surface area contributed by atoms with Crippen LogP contribution in [0, 0.1) is 22.6 Å². The number of carbonyl (C=O) groups excluding carboxylic acids is 1. The van der Waals surface area contributed by atoms with Crippen molar-refractivity contribution in [3.05, 3.63) is 63.4 Å². The van der Waals surface area contributed by atoms with Crippen LogP contribution in [0.4, 0.5) is 10.1 Å². The SMILES string of the molecule is CC1(C)CCC2(CC1)C[C@@H](C(=O)O)[C@H](c1cccc(Cl)c1F)C21C(=O)Nc2cc(Cl)ccc21. The molecular weight excluding hydrogens is 464 g/mol. The quantitative estimate of drug-likeness (QED) is 0.487. The van der Waals surface area contributed by atoms with Crippen molar-refractivity contribution < 1.29 is 19.1 Å². The van der Waals surface area contributed by atoms with E-state index in [0.29, 0.717) is 35.5 Å². The minimum atomic E-state index is -1.22. The first-order valence-corrected chi connectivity index (χ1v) is 12.1. The Labute approximate surface area is 202 Å². The number of nitrogens with one attached hydrogen (secondary N) is 1. The second kappa shape index (κ2) is 7.44. The number of carbonyl (C=O) groups is 2. The number of carboxylic acids is 1. The highest BCUT2D eigenvalue weighted by molar-refractivity contribution is 6.31. The zero-order valence-electron chi connectivity index (χ0n) is 18.6. The van der Waals surface area contributed by atoms with Gasteiger partial charge in [-0.1, -0.05) is 55.2 Å². The van der Waals surface area contributed by atoms with E-state index in [0.717, 1.165) is 12.8 Å². The van der Waals surface area contributed by atoms with Crippen LogP contribution in [0.3, 0.4) is 0 Å². The van der Waals surface area contributed by atoms with Crippen LogP contribution in [0.15, 0.2) is 36.4 Å². The van der Waals surface area contributed by atoms with Crippen molar-refractivity contribution in [2.75, 3.05) is 5.32 Å². The molecule has 0 radical (unpaired) electrons. The highest BCUT2D eigenvalue weighted by Crippen LogP contribution is 2.72. The Morgan fingerprint density at radius 3 is 2.48 bits per heavy atom. The summed E-state index contributed by atoms with van der Waals surface area (Å²) in [7, 11) is 0. The predicted octanol–water partition coefficient (Wildman–Crippen LogP) is 6.80. The second-order valence-electron chi connectivity index (χ2n) is 10.7. The molecule has 2 spiro atoms. The van der Waals surface area contributed by atoms with Crippen molar-refractivity contribution in [3.63, 3.8) is 0 Å². The van der Waals surface area contributed by atoms with Crippen LogP contribution in [0.1, 0.15) is 63.0 Å². The average molecular weight is 490 g/mol. The van der Waals surface area contributed by atoms with Gasteiger partial charge in [0.25, 0.3) is 0 Å². The molecule has 2 aromatic carbocycles. The van der Waals surface area contributed by atoms with Gasteiger partial charge in [0.15, 0.2) is 0 Å². The molecule has 1 aliphatic heterocycles. The third-order valence-electron chi connectivity index (χ3n) is 8.52. The van der Waals surface area contributed by atoms with E-state index in [2.05, 4.69) is 19.2 Å². The topological polar surface area (TPSA) is 66.4 Å². The fraction of sp³-hybridized carbons (Fsp3) is 0.462. The Morgan fingerprint density at radius 1 is 1.12 bits per heavy atom. The second-order valence-corrected chi connectivity index (χ2v) is 11.5. The molecule has 2 N–H and O–H groups in total. The number of halogens is 3. The lowest BCUT2D eigenvalue weighted by Gasteiger charge is -2.50. The summed E-state index contributed by atoms with van der Waals surface area (Å²) in [5.41, 5.74) is -0.260. The average Bonchev–Trinajstić information content (AvgIpc) is 3.20. The largest absolute Gasteiger partial charge is 0.481 e. The van der Waals surface area contributed by atoms with Gasteiger partial charge in [0, 0.05) is 16.6 Å². The van der Waals surface area contributed by atoms with Crippen LogP contribution in [-0.4, -0.2) is 17.0 Å². The number of anilines is 1. The van der Waals surface area contributed by atoms with Gasteiger partial charge in [0.2, 0.25) is 5.91 Å². The van der Waals surface area contributed by atoms with E-state index in [1.807, 2.05) is 6.07 Å². The number of rotatable bonds is 2. The minimum absolute atomic E-state index is 0.0766. The van der Waals surface area contributed by atoms with E-state index in [4.69, 9.17) is 23.2 Å². The van der Waals surface area contributed by atoms with Crippen molar-refractivity contribution in [3.8, 4) is 0 Å². The number of aliphatic carboxylic acids is 1. The molecule has 2 saturated carbocycles. The van der Waals surface area contributed by atoms with Crippen LogP contribution in [0.25, 0.3) is 0 Å². The predicted molar refractivity (Wildman–Crippen MR) is 126 cm³/mol. The number of fused-ring (bicyclic) bond motifs is 3. The Morgan fingerprint density at radius 2 is 1.82 bits per heavy atom. The highest BCUT2D eigenvalue weighted by Gasteiger charge is 2.72. The van der Waals surface area contributed by atoms with E-state index in [1.165, 1.54) is 6.07 Å². The van der Waals surface area contributed by atoms with E-state index in [9.17, 15) is 14.7 Å². The number of hydrogen-bond acceptors (Lipinski definition) is 2. The molecular formula is C26H26Cl2FNO3. The maximum absolute atomic E-state index is 15.5. The zero-order chi connectivity index (χ0) is 23.8. The molecule has 5 rings (SSSR count). The fourth-order valence-corrected chi connectivity index (χ4v) is 7.27. The van der Waals surface area contributed by atoms with Crippen LogP contribution >= 0.6 is 23.2 Å². The lowest BCUT2D eigenvalue weighted by atomic mass is 9.51. The summed E-state index contributed by atoms with van der Waals surface area (Å²) >= 11 is 12.4. The first-order valence-electron chi connectivity index (χ1n) is 11.3. The molecule has 0 bridgehead atoms. The van der Waals surface area contributed by atoms with Gasteiger partial charge in [-0.15, -0.1) is 0 Å². The van der Waals surface area contributed by atoms with Gasteiger partial charge in [-0.05, 0) is 72.3 Å². The highest BCUT2D eigenvalue weighted by atomic mass is 35.5. The summed E-state index contributed by atoms with van der Waals surface area (Å²) < 4.78 is 15.5. The van der Waals surface area contributed by atoms with Gasteiger partial charge < -0.3 is 10.4 Å². The molecule has 3 aliphatic rings. The van der Waals surface area contributed by atoms with Crippen LogP contribution < -0.4 is 5.32 Å². The molecule has 7 heteroatoms. The molecule has 174 valence electrons. The summed E-state index contributed by atoms with van der Waals surface area (Å²) in [4.78, 5) is 26.7. The molecule has 0 aromatic heterocycles. The van der Waals surface area contributed by atoms with Crippen molar-refractivity contribution in [1.29, 1.82) is 0 Å². The van der Waals surface area contributed by atoms with E-state index in [1.54, 1.807) is 24.3 Å². The standard InChI is InChI=1S/C26H26Cl2FNO3/c1-24(2)8-10-25(11-9-24)13-16(22(31)32)20(15-4-3-5-18(28)21(15)29)26(25)17-7-6-14(27)12-19(17)30-23(26)33/h3-7,12,16,20H,8-11,13H2,1-2H3,(H,30,33)(H,31,32)/t16-,20+,26?/m1/s1. The minimum Gasteiger partial charge on any atom is -0.481 e. The third kappa shape index (κ3) is 3.08. The number of hydrogen-bond donors (Lipinski definition) is 2. The summed E-state index contributed by atoms with van der Waals surface area (Å²) in [6.45, 7) is 4.40. The lowest BCUT2D eigenvalue weighted by Crippen LogP contribution is -2.52. The van der Waals surface area contributed by atoms with Crippen molar-refractivity contribution in [2.24, 2.45) is 16.7 Å². The normalized spacial score (nSPS) is 29.3. The van der Waals surface area contributed by atoms with Gasteiger partial charge in [-0.25, -0.2) is 4.39 Å².